The lowest BCUT2D eigenvalue weighted by atomic mass is 9.93. The molecule has 2 heterocycles. The highest BCUT2D eigenvalue weighted by atomic mass is 35.5. The van der Waals surface area contributed by atoms with E-state index in [0.29, 0.717) is 52.2 Å². The number of benzene rings is 1. The average Bonchev–Trinajstić information content (AvgIpc) is 3.33. The summed E-state index contributed by atoms with van der Waals surface area (Å²) in [7, 11) is -3.10. The minimum atomic E-state index is -3.10. The minimum Gasteiger partial charge on any atom is -0.480 e. The molecule has 1 aromatic heterocycles. The summed E-state index contributed by atoms with van der Waals surface area (Å²) in [4.78, 5) is 69.9. The number of nitrogens with one attached hydrogen (secondary N) is 2. The summed E-state index contributed by atoms with van der Waals surface area (Å²) in [6.07, 6.45) is 6.40. The standard InChI is InChI=1S/C19H17Cl2NO4.C10H19N5S.C5H12NO4P/c1-2-26-19(25)16(21)10-11-9-12(7-8-15(11)20)22-17(23)13-5-3-4-6-14(13)18(22)24;1-6-11-7-12-8(15-10(2,3)4)14-9(13-7)16-5;1-11(9,10)3-2-4(6)5(7)8/h7-10H,2-6H2,1H3;6H2,1-5H3,(H2,11,12,13,14,15);4H,2-3,6H2,1H3,(H,7,8)(H,9,10)/b16-10-;;. The third-order valence-corrected chi connectivity index (χ3v) is 9.42. The van der Waals surface area contributed by atoms with Crippen molar-refractivity contribution < 1.29 is 38.5 Å². The zero-order valence-corrected chi connectivity index (χ0v) is 34.1. The van der Waals surface area contributed by atoms with Crippen LogP contribution in [0.2, 0.25) is 5.02 Å². The van der Waals surface area contributed by atoms with Crippen LogP contribution < -0.4 is 21.3 Å². The van der Waals surface area contributed by atoms with E-state index in [2.05, 4.69) is 46.4 Å². The van der Waals surface area contributed by atoms with Crippen molar-refractivity contribution in [2.45, 2.75) is 83.5 Å². The van der Waals surface area contributed by atoms with E-state index in [1.807, 2.05) is 13.2 Å². The van der Waals surface area contributed by atoms with Gasteiger partial charge in [-0.05, 0) is 103 Å². The normalized spacial score (nSPS) is 16.0. The molecule has 2 amide bonds. The number of anilines is 3. The first-order valence-electron chi connectivity index (χ1n) is 16.8. The molecule has 0 spiro atoms. The van der Waals surface area contributed by atoms with Crippen molar-refractivity contribution in [2.24, 2.45) is 5.73 Å². The van der Waals surface area contributed by atoms with Gasteiger partial charge in [0, 0.05) is 41.1 Å². The van der Waals surface area contributed by atoms with E-state index in [0.717, 1.165) is 24.5 Å². The molecule has 2 unspecified atom stereocenters. The number of hydrogen-bond donors (Lipinski definition) is 5. The van der Waals surface area contributed by atoms with Gasteiger partial charge in [0.25, 0.3) is 11.8 Å². The highest BCUT2D eigenvalue weighted by Crippen LogP contribution is 2.37. The van der Waals surface area contributed by atoms with Crippen LogP contribution in [0.25, 0.3) is 6.08 Å². The molecule has 2 atom stereocenters. The third-order valence-electron chi connectivity index (χ3n) is 7.17. The van der Waals surface area contributed by atoms with E-state index >= 15 is 0 Å². The highest BCUT2D eigenvalue weighted by molar-refractivity contribution is 7.98. The Balaban J connectivity index is 0.000000307. The van der Waals surface area contributed by atoms with Gasteiger partial charge in [-0.1, -0.05) is 35.0 Å². The molecular weight excluding hydrogens is 768 g/mol. The molecule has 6 N–H and O–H groups in total. The summed E-state index contributed by atoms with van der Waals surface area (Å²) < 4.78 is 15.5. The zero-order chi connectivity index (χ0) is 40.1. The maximum Gasteiger partial charge on any atom is 0.349 e. The molecule has 0 radical (unpaired) electrons. The van der Waals surface area contributed by atoms with Crippen LogP contribution in [0, 0.1) is 0 Å². The lowest BCUT2D eigenvalue weighted by molar-refractivity contribution is -0.139. The van der Waals surface area contributed by atoms with Crippen molar-refractivity contribution in [3.05, 3.63) is 45.0 Å². The first-order valence-corrected chi connectivity index (χ1v) is 21.0. The number of carboxylic acid groups (broad SMARTS) is 1. The Labute approximate surface area is 324 Å². The number of ether oxygens (including phenoxy) is 1. The van der Waals surface area contributed by atoms with Crippen LogP contribution in [0.1, 0.15) is 72.3 Å². The Morgan fingerprint density at radius 1 is 1.11 bits per heavy atom. The zero-order valence-electron chi connectivity index (χ0n) is 30.9. The van der Waals surface area contributed by atoms with Crippen molar-refractivity contribution in [3.8, 4) is 0 Å². The number of carbonyl (C=O) groups is 4. The summed E-state index contributed by atoms with van der Waals surface area (Å²) >= 11 is 13.6. The number of carbonyl (C=O) groups excluding carboxylic acids is 3. The Morgan fingerprint density at radius 2 is 1.70 bits per heavy atom. The molecule has 15 nitrogen and oxygen atoms in total. The van der Waals surface area contributed by atoms with Gasteiger partial charge in [0.1, 0.15) is 11.1 Å². The van der Waals surface area contributed by atoms with Crippen LogP contribution in [0.15, 0.2) is 39.5 Å². The molecular formula is C34H48Cl2N7O8PS. The van der Waals surface area contributed by atoms with Crippen molar-refractivity contribution in [3.63, 3.8) is 0 Å². The van der Waals surface area contributed by atoms with E-state index in [4.69, 9.17) is 43.7 Å². The SMILES string of the molecule is CCNc1nc(NC(C)(C)C)nc(SC)n1.CCOC(=O)/C(Cl)=C/c1cc(N2C(=O)C3=C(CCCC3)C2=O)ccc1Cl.CP(=O)(O)CCC(N)C(=O)O. The Hall–Kier alpha value is -3.53. The topological polar surface area (TPSA) is 227 Å². The number of aliphatic carboxylic acids is 1. The molecule has 2 aromatic rings. The van der Waals surface area contributed by atoms with E-state index < -0.39 is 25.3 Å². The molecule has 1 aromatic carbocycles. The van der Waals surface area contributed by atoms with E-state index in [9.17, 15) is 23.7 Å². The van der Waals surface area contributed by atoms with Gasteiger partial charge < -0.3 is 31.1 Å². The van der Waals surface area contributed by atoms with Gasteiger partial charge in [0.05, 0.1) is 12.3 Å². The summed E-state index contributed by atoms with van der Waals surface area (Å²) in [6, 6.07) is 3.70. The largest absolute Gasteiger partial charge is 0.480 e. The number of hydrogen-bond acceptors (Lipinski definition) is 13. The number of carboxylic acids is 1. The third kappa shape index (κ3) is 15.0. The maximum absolute atomic E-state index is 12.7. The number of thioether (sulfide) groups is 1. The van der Waals surface area contributed by atoms with Crippen LogP contribution in [0.3, 0.4) is 0 Å². The van der Waals surface area contributed by atoms with E-state index in [1.54, 1.807) is 25.1 Å². The minimum absolute atomic E-state index is 0.0412. The second-order valence-electron chi connectivity index (χ2n) is 12.9. The van der Waals surface area contributed by atoms with E-state index in [1.165, 1.54) is 29.4 Å². The molecule has 4 rings (SSSR count). The molecule has 0 fully saturated rings. The lowest BCUT2D eigenvalue weighted by Gasteiger charge is -2.20. The average molecular weight is 817 g/mol. The quantitative estimate of drug-likeness (QED) is 0.0532. The molecule has 292 valence electrons. The van der Waals surface area contributed by atoms with Crippen molar-refractivity contribution in [2.75, 3.05) is 47.8 Å². The molecule has 0 bridgehead atoms. The molecule has 1 aliphatic carbocycles. The predicted octanol–water partition coefficient (Wildman–Crippen LogP) is 6.15. The van der Waals surface area contributed by atoms with Gasteiger partial charge in [0.15, 0.2) is 12.5 Å². The van der Waals surface area contributed by atoms with Gasteiger partial charge >= 0.3 is 11.9 Å². The number of aromatic nitrogens is 3. The molecule has 19 heteroatoms. The highest BCUT2D eigenvalue weighted by Gasteiger charge is 2.39. The number of amides is 2. The van der Waals surface area contributed by atoms with Crippen LogP contribution in [-0.2, 0) is 28.5 Å². The van der Waals surface area contributed by atoms with Crippen molar-refractivity contribution >= 4 is 89.7 Å². The Kier molecular flexibility index (Phi) is 17.9. The number of nitrogens with two attached hydrogens (primary N) is 1. The van der Waals surface area contributed by atoms with Gasteiger partial charge in [0.2, 0.25) is 11.9 Å². The van der Waals surface area contributed by atoms with Crippen LogP contribution in [0.4, 0.5) is 17.6 Å². The van der Waals surface area contributed by atoms with Gasteiger partial charge in [-0.15, -0.1) is 0 Å². The van der Waals surface area contributed by atoms with Gasteiger partial charge in [-0.2, -0.15) is 15.0 Å². The number of esters is 1. The summed E-state index contributed by atoms with van der Waals surface area (Å²) in [5, 5.41) is 15.5. The lowest BCUT2D eigenvalue weighted by Crippen LogP contribution is -2.31. The predicted molar refractivity (Wildman–Crippen MR) is 210 cm³/mol. The molecule has 2 aliphatic rings. The fourth-order valence-corrected chi connectivity index (χ4v) is 6.19. The summed E-state index contributed by atoms with van der Waals surface area (Å²) in [5.74, 6) is -1.13. The monoisotopic (exact) mass is 815 g/mol. The smallest absolute Gasteiger partial charge is 0.349 e. The molecule has 53 heavy (non-hydrogen) atoms. The second kappa shape index (κ2) is 20.8. The Bertz CT molecular complexity index is 1740. The van der Waals surface area contributed by atoms with E-state index in [-0.39, 0.29) is 41.6 Å². The van der Waals surface area contributed by atoms with Gasteiger partial charge in [-0.25, -0.2) is 9.69 Å². The fraction of sp³-hybridized carbons (Fsp3) is 0.500. The van der Waals surface area contributed by atoms with Crippen molar-refractivity contribution in [1.29, 1.82) is 0 Å². The van der Waals surface area contributed by atoms with Crippen LogP contribution in [0.5, 0.6) is 0 Å². The number of nitrogens with zero attached hydrogens (tertiary/aromatic N) is 4. The molecule has 0 saturated carbocycles. The number of rotatable bonds is 12. The maximum atomic E-state index is 12.7. The Morgan fingerprint density at radius 3 is 2.19 bits per heavy atom. The van der Waals surface area contributed by atoms with Crippen molar-refractivity contribution in [1.82, 2.24) is 15.0 Å². The van der Waals surface area contributed by atoms with Crippen LogP contribution >= 0.6 is 42.3 Å². The number of halogens is 2. The first-order chi connectivity index (χ1) is 24.7. The summed E-state index contributed by atoms with van der Waals surface area (Å²) in [5.41, 5.74) is 7.08. The molecule has 0 saturated heterocycles. The van der Waals surface area contributed by atoms with Gasteiger partial charge in [-0.3, -0.25) is 18.9 Å². The molecule has 1 aliphatic heterocycles. The summed E-state index contributed by atoms with van der Waals surface area (Å²) in [6.45, 7) is 12.1. The fourth-order valence-electron chi connectivity index (χ4n) is 4.73. The second-order valence-corrected chi connectivity index (χ2v) is 17.0. The number of imide groups is 1. The first kappa shape index (κ1) is 45.6. The van der Waals surface area contributed by atoms with Crippen LogP contribution in [-0.4, -0.2) is 92.5 Å².